The Morgan fingerprint density at radius 1 is 1.12 bits per heavy atom. The number of nitrogens with two attached hydrogens (primary N) is 1. The van der Waals surface area contributed by atoms with E-state index >= 15 is 0 Å². The molecule has 8 nitrogen and oxygen atoms in total. The van der Waals surface area contributed by atoms with Crippen LogP contribution in [-0.2, 0) is 26.2 Å². The first-order valence-corrected chi connectivity index (χ1v) is 10.6. The molecular formula is C23H25BN6O2. The van der Waals surface area contributed by atoms with Crippen LogP contribution in [0, 0.1) is 6.92 Å². The highest BCUT2D eigenvalue weighted by atomic mass is 16.4. The van der Waals surface area contributed by atoms with Crippen molar-refractivity contribution in [1.82, 2.24) is 19.9 Å². The van der Waals surface area contributed by atoms with Gasteiger partial charge in [-0.05, 0) is 35.6 Å². The fraction of sp³-hybridized carbons (Fsp3) is 0.217. The molecule has 0 spiro atoms. The zero-order chi connectivity index (χ0) is 22.2. The molecule has 0 saturated carbocycles. The summed E-state index contributed by atoms with van der Waals surface area (Å²) in [5, 5.41) is 26.8. The van der Waals surface area contributed by atoms with Crippen molar-refractivity contribution in [3.05, 3.63) is 76.6 Å². The summed E-state index contributed by atoms with van der Waals surface area (Å²) >= 11 is 0. The van der Waals surface area contributed by atoms with Crippen LogP contribution in [0.4, 0.5) is 5.82 Å². The topological polar surface area (TPSA) is 121 Å². The Balaban J connectivity index is 1.54. The number of aromatic nitrogens is 3. The van der Waals surface area contributed by atoms with E-state index in [9.17, 15) is 10.0 Å². The van der Waals surface area contributed by atoms with E-state index < -0.39 is 7.12 Å². The SMILES string of the molecule is Cc1cc2c(CN)cccc2n1-c1nc2c(c(NCc3cccc(B(O)O)c3)n1)CNC2. The minimum absolute atomic E-state index is 0.463. The lowest BCUT2D eigenvalue weighted by atomic mass is 9.80. The fourth-order valence-electron chi connectivity index (χ4n) is 4.32. The van der Waals surface area contributed by atoms with Crippen molar-refractivity contribution in [3.63, 3.8) is 0 Å². The van der Waals surface area contributed by atoms with Gasteiger partial charge in [-0.15, -0.1) is 0 Å². The highest BCUT2D eigenvalue weighted by Gasteiger charge is 2.21. The summed E-state index contributed by atoms with van der Waals surface area (Å²) in [5.74, 6) is 1.40. The molecule has 0 atom stereocenters. The monoisotopic (exact) mass is 428 g/mol. The average molecular weight is 428 g/mol. The quantitative estimate of drug-likeness (QED) is 0.292. The number of nitrogens with one attached hydrogen (secondary N) is 2. The van der Waals surface area contributed by atoms with Crippen LogP contribution in [0.1, 0.15) is 28.1 Å². The number of fused-ring (bicyclic) bond motifs is 2. The molecule has 0 amide bonds. The molecule has 4 aromatic rings. The zero-order valence-electron chi connectivity index (χ0n) is 17.8. The number of benzene rings is 2. The number of hydrogen-bond acceptors (Lipinski definition) is 7. The molecule has 0 unspecified atom stereocenters. The minimum atomic E-state index is -1.49. The number of nitrogens with zero attached hydrogens (tertiary/aromatic N) is 3. The van der Waals surface area contributed by atoms with Crippen molar-refractivity contribution in [2.45, 2.75) is 33.1 Å². The van der Waals surface area contributed by atoms with Gasteiger partial charge in [0.2, 0.25) is 5.95 Å². The molecule has 0 bridgehead atoms. The molecule has 162 valence electrons. The molecule has 0 saturated heterocycles. The molecular weight excluding hydrogens is 403 g/mol. The molecule has 3 heterocycles. The Labute approximate surface area is 186 Å². The van der Waals surface area contributed by atoms with Gasteiger partial charge in [-0.25, -0.2) is 4.98 Å². The Morgan fingerprint density at radius 2 is 1.97 bits per heavy atom. The number of anilines is 1. The molecule has 32 heavy (non-hydrogen) atoms. The summed E-state index contributed by atoms with van der Waals surface area (Å²) in [7, 11) is -1.49. The van der Waals surface area contributed by atoms with E-state index in [1.807, 2.05) is 31.2 Å². The lowest BCUT2D eigenvalue weighted by molar-refractivity contribution is 0.425. The minimum Gasteiger partial charge on any atom is -0.423 e. The molecule has 1 aliphatic rings. The first-order valence-electron chi connectivity index (χ1n) is 10.6. The standard InChI is InChI=1S/C23H25BN6O2/c1-14-8-18-16(10-25)5-3-7-21(18)30(14)23-28-20-13-26-12-19(20)22(29-23)27-11-15-4-2-6-17(9-15)24(31)32/h2-9,26,31-32H,10-13,25H2,1H3,(H,27,28,29). The van der Waals surface area contributed by atoms with Crippen LogP contribution in [0.2, 0.25) is 0 Å². The first kappa shape index (κ1) is 20.7. The molecule has 5 rings (SSSR count). The molecule has 9 heteroatoms. The highest BCUT2D eigenvalue weighted by Crippen LogP contribution is 2.28. The second-order valence-corrected chi connectivity index (χ2v) is 8.05. The normalized spacial score (nSPS) is 12.9. The van der Waals surface area contributed by atoms with Crippen LogP contribution < -0.4 is 21.8 Å². The summed E-state index contributed by atoms with van der Waals surface area (Å²) in [5.41, 5.74) is 12.6. The fourth-order valence-corrected chi connectivity index (χ4v) is 4.32. The van der Waals surface area contributed by atoms with Crippen LogP contribution in [-0.4, -0.2) is 31.7 Å². The van der Waals surface area contributed by atoms with Crippen LogP contribution in [0.3, 0.4) is 0 Å². The predicted octanol–water partition coefficient (Wildman–Crippen LogP) is 1.08. The Morgan fingerprint density at radius 3 is 2.78 bits per heavy atom. The van der Waals surface area contributed by atoms with Gasteiger partial charge in [-0.1, -0.05) is 36.4 Å². The third kappa shape index (κ3) is 3.65. The number of aryl methyl sites for hydroxylation is 1. The molecule has 0 radical (unpaired) electrons. The second-order valence-electron chi connectivity index (χ2n) is 8.05. The van der Waals surface area contributed by atoms with Crippen molar-refractivity contribution in [2.75, 3.05) is 5.32 Å². The molecule has 2 aromatic heterocycles. The van der Waals surface area contributed by atoms with Gasteiger partial charge in [0.25, 0.3) is 0 Å². The van der Waals surface area contributed by atoms with Crippen molar-refractivity contribution >= 4 is 29.3 Å². The summed E-state index contributed by atoms with van der Waals surface area (Å²) in [6.07, 6.45) is 0. The summed E-state index contributed by atoms with van der Waals surface area (Å²) in [6, 6.07) is 15.5. The van der Waals surface area contributed by atoms with Gasteiger partial charge < -0.3 is 26.4 Å². The largest absolute Gasteiger partial charge is 0.488 e. The van der Waals surface area contributed by atoms with Crippen LogP contribution >= 0.6 is 0 Å². The maximum Gasteiger partial charge on any atom is 0.488 e. The first-order chi connectivity index (χ1) is 15.5. The molecule has 1 aliphatic heterocycles. The van der Waals surface area contributed by atoms with Crippen LogP contribution in [0.25, 0.3) is 16.9 Å². The van der Waals surface area contributed by atoms with Crippen molar-refractivity contribution in [3.8, 4) is 5.95 Å². The van der Waals surface area contributed by atoms with Gasteiger partial charge in [0.05, 0.1) is 11.2 Å². The van der Waals surface area contributed by atoms with E-state index in [2.05, 4.69) is 27.3 Å². The van der Waals surface area contributed by atoms with Crippen molar-refractivity contribution < 1.29 is 10.0 Å². The van der Waals surface area contributed by atoms with Crippen molar-refractivity contribution in [2.24, 2.45) is 5.73 Å². The highest BCUT2D eigenvalue weighted by molar-refractivity contribution is 6.58. The van der Waals surface area contributed by atoms with Gasteiger partial charge in [-0.2, -0.15) is 4.98 Å². The molecule has 0 aliphatic carbocycles. The van der Waals surface area contributed by atoms with E-state index in [-0.39, 0.29) is 0 Å². The van der Waals surface area contributed by atoms with Crippen LogP contribution in [0.15, 0.2) is 48.5 Å². The summed E-state index contributed by atoms with van der Waals surface area (Å²) in [4.78, 5) is 9.76. The van der Waals surface area contributed by atoms with E-state index in [1.165, 1.54) is 0 Å². The summed E-state index contributed by atoms with van der Waals surface area (Å²) in [6.45, 7) is 4.43. The van der Waals surface area contributed by atoms with Gasteiger partial charge in [0.15, 0.2) is 0 Å². The van der Waals surface area contributed by atoms with E-state index in [4.69, 9.17) is 15.7 Å². The van der Waals surface area contributed by atoms with Gasteiger partial charge in [0.1, 0.15) is 5.82 Å². The average Bonchev–Trinajstić information content (AvgIpc) is 3.40. The second kappa shape index (κ2) is 8.36. The lowest BCUT2D eigenvalue weighted by Crippen LogP contribution is -2.30. The Hall–Kier alpha value is -3.24. The zero-order valence-corrected chi connectivity index (χ0v) is 17.8. The summed E-state index contributed by atoms with van der Waals surface area (Å²) < 4.78 is 2.07. The number of hydrogen-bond donors (Lipinski definition) is 5. The predicted molar refractivity (Wildman–Crippen MR) is 126 cm³/mol. The third-order valence-corrected chi connectivity index (χ3v) is 5.92. The maximum absolute atomic E-state index is 9.45. The van der Waals surface area contributed by atoms with Gasteiger partial charge in [0, 0.05) is 42.8 Å². The van der Waals surface area contributed by atoms with Crippen molar-refractivity contribution in [1.29, 1.82) is 0 Å². The third-order valence-electron chi connectivity index (χ3n) is 5.92. The van der Waals surface area contributed by atoms with Gasteiger partial charge in [-0.3, -0.25) is 4.57 Å². The molecule has 6 N–H and O–H groups in total. The smallest absolute Gasteiger partial charge is 0.423 e. The Bertz CT molecular complexity index is 1300. The van der Waals surface area contributed by atoms with Crippen LogP contribution in [0.5, 0.6) is 0 Å². The molecule has 2 aromatic carbocycles. The van der Waals surface area contributed by atoms with E-state index in [0.29, 0.717) is 37.6 Å². The van der Waals surface area contributed by atoms with E-state index in [0.717, 1.165) is 44.8 Å². The molecule has 0 fully saturated rings. The Kier molecular flexibility index (Phi) is 5.40. The number of rotatable bonds is 6. The maximum atomic E-state index is 9.45. The van der Waals surface area contributed by atoms with Gasteiger partial charge >= 0.3 is 7.12 Å². The lowest BCUT2D eigenvalue weighted by Gasteiger charge is -2.14. The van der Waals surface area contributed by atoms with E-state index in [1.54, 1.807) is 12.1 Å².